The van der Waals surface area contributed by atoms with E-state index in [1.807, 2.05) is 7.11 Å². The van der Waals surface area contributed by atoms with E-state index < -0.39 is 21.7 Å². The third-order valence-corrected chi connectivity index (χ3v) is 14.8. The summed E-state index contributed by atoms with van der Waals surface area (Å²) in [6, 6.07) is 0. The number of rotatable bonds is 2. The molecule has 0 saturated carbocycles. The molecule has 1 unspecified atom stereocenters. The summed E-state index contributed by atoms with van der Waals surface area (Å²) in [6.07, 6.45) is 4.23. The van der Waals surface area contributed by atoms with Gasteiger partial charge < -0.3 is 0 Å². The molecule has 1 N–H and O–H groups in total. The van der Waals surface area contributed by atoms with E-state index in [0.717, 1.165) is 0 Å². The van der Waals surface area contributed by atoms with Crippen molar-refractivity contribution in [2.75, 3.05) is 33.3 Å². The number of methoxy groups -OCH3 is 1. The number of ether oxygens (including phenoxy) is 1. The number of nitrogens with one attached hydrogen (secondary N) is 1. The third kappa shape index (κ3) is 2.65. The van der Waals surface area contributed by atoms with Gasteiger partial charge in [0, 0.05) is 0 Å². The summed E-state index contributed by atoms with van der Waals surface area (Å²) in [5, 5.41) is 3.44. The van der Waals surface area contributed by atoms with E-state index in [2.05, 4.69) is 8.20 Å². The van der Waals surface area contributed by atoms with Crippen LogP contribution in [-0.2, 0) is 4.74 Å². The molecule has 0 amide bonds. The molecule has 0 aliphatic carbocycles. The van der Waals surface area contributed by atoms with Gasteiger partial charge in [-0.1, -0.05) is 0 Å². The van der Waals surface area contributed by atoms with Crippen LogP contribution >= 0.6 is 0 Å². The molecule has 0 radical (unpaired) electrons. The first-order valence-electron chi connectivity index (χ1n) is 5.89. The predicted molar refractivity (Wildman–Crippen MR) is 59.7 cm³/mol. The van der Waals surface area contributed by atoms with E-state index in [1.54, 1.807) is 4.18 Å². The number of hydrogen-bond donors (Lipinski definition) is 1. The van der Waals surface area contributed by atoms with Crippen LogP contribution in [0.1, 0.15) is 19.3 Å². The molecule has 4 heteroatoms. The molecule has 2 aliphatic heterocycles. The molecular formula is C10H21InN2O. The second kappa shape index (κ2) is 5.73. The quantitative estimate of drug-likeness (QED) is 0.809. The Hall–Kier alpha value is 0.750. The van der Waals surface area contributed by atoms with Crippen LogP contribution < -0.4 is 5.32 Å². The molecule has 2 saturated heterocycles. The SMILES string of the molecule is CO[CH]1CCC[CH2][In]1[N]1CCNCC1. The van der Waals surface area contributed by atoms with Gasteiger partial charge in [-0.3, -0.25) is 0 Å². The Labute approximate surface area is 95.1 Å². The van der Waals surface area contributed by atoms with Crippen LogP contribution in [0.4, 0.5) is 0 Å². The first kappa shape index (κ1) is 11.2. The van der Waals surface area contributed by atoms with Crippen LogP contribution in [0.2, 0.25) is 4.18 Å². The van der Waals surface area contributed by atoms with Crippen molar-refractivity contribution in [2.24, 2.45) is 0 Å². The third-order valence-electron chi connectivity index (χ3n) is 3.59. The van der Waals surface area contributed by atoms with Gasteiger partial charge in [-0.15, -0.1) is 0 Å². The summed E-state index contributed by atoms with van der Waals surface area (Å²) in [5.41, 5.74) is 0. The molecule has 2 aliphatic rings. The summed E-state index contributed by atoms with van der Waals surface area (Å²) in [5.74, 6) is 0. The maximum absolute atomic E-state index is 5.69. The van der Waals surface area contributed by atoms with E-state index in [-0.39, 0.29) is 0 Å². The monoisotopic (exact) mass is 300 g/mol. The van der Waals surface area contributed by atoms with Gasteiger partial charge in [0.25, 0.3) is 0 Å². The van der Waals surface area contributed by atoms with Gasteiger partial charge in [0.1, 0.15) is 0 Å². The summed E-state index contributed by atoms with van der Waals surface area (Å²) in [4.78, 5) is 0. The van der Waals surface area contributed by atoms with Gasteiger partial charge in [-0.2, -0.15) is 0 Å². The first-order valence-corrected chi connectivity index (χ1v) is 11.6. The van der Waals surface area contributed by atoms with E-state index >= 15 is 0 Å². The Kier molecular flexibility index (Phi) is 4.60. The first-order chi connectivity index (χ1) is 6.92. The second-order valence-electron chi connectivity index (χ2n) is 4.41. The van der Waals surface area contributed by atoms with Crippen LogP contribution in [0.15, 0.2) is 0 Å². The number of nitrogens with zero attached hydrogens (tertiary/aromatic N) is 1. The van der Waals surface area contributed by atoms with Gasteiger partial charge >= 0.3 is 95.3 Å². The summed E-state index contributed by atoms with van der Waals surface area (Å²) >= 11 is -1.49. The fraction of sp³-hybridized carbons (Fsp3) is 1.00. The number of hydrogen-bond acceptors (Lipinski definition) is 3. The maximum atomic E-state index is 5.69. The molecule has 0 bridgehead atoms. The van der Waals surface area contributed by atoms with Gasteiger partial charge in [-0.25, -0.2) is 0 Å². The fourth-order valence-corrected chi connectivity index (χ4v) is 13.5. The van der Waals surface area contributed by atoms with E-state index in [1.165, 1.54) is 45.4 Å². The summed E-state index contributed by atoms with van der Waals surface area (Å²) in [7, 11) is 1.92. The van der Waals surface area contributed by atoms with Crippen molar-refractivity contribution < 1.29 is 4.74 Å². The predicted octanol–water partition coefficient (Wildman–Crippen LogP) is 0.621. The van der Waals surface area contributed by atoms with Gasteiger partial charge in [-0.05, 0) is 0 Å². The van der Waals surface area contributed by atoms with Crippen LogP contribution in [0.25, 0.3) is 0 Å². The molecule has 2 rings (SSSR count). The minimum absolute atomic E-state index is 0.698. The molecular weight excluding hydrogens is 279 g/mol. The van der Waals surface area contributed by atoms with Crippen LogP contribution in [0.3, 0.4) is 0 Å². The van der Waals surface area contributed by atoms with Crippen molar-refractivity contribution in [3.63, 3.8) is 0 Å². The topological polar surface area (TPSA) is 24.5 Å². The molecule has 0 spiro atoms. The van der Waals surface area contributed by atoms with Crippen molar-refractivity contribution in [1.82, 2.24) is 8.20 Å². The fourth-order valence-electron chi connectivity index (χ4n) is 2.78. The Morgan fingerprint density at radius 2 is 2.07 bits per heavy atom. The van der Waals surface area contributed by atoms with Gasteiger partial charge in [0.2, 0.25) is 0 Å². The molecule has 14 heavy (non-hydrogen) atoms. The molecule has 0 aromatic carbocycles. The average molecular weight is 300 g/mol. The van der Waals surface area contributed by atoms with Crippen molar-refractivity contribution in [1.29, 1.82) is 0 Å². The molecule has 80 valence electrons. The van der Waals surface area contributed by atoms with Crippen LogP contribution in [-0.4, -0.2) is 61.8 Å². The molecule has 1 atom stereocenters. The van der Waals surface area contributed by atoms with Crippen molar-refractivity contribution in [2.45, 2.75) is 27.3 Å². The zero-order valence-electron chi connectivity index (χ0n) is 9.17. The summed E-state index contributed by atoms with van der Waals surface area (Å²) < 4.78 is 10.8. The Morgan fingerprint density at radius 1 is 1.29 bits per heavy atom. The molecule has 2 heterocycles. The zero-order valence-corrected chi connectivity index (χ0v) is 12.5. The second-order valence-corrected chi connectivity index (χ2v) is 13.5. The Bertz CT molecular complexity index is 174. The summed E-state index contributed by atoms with van der Waals surface area (Å²) in [6.45, 7) is 4.98. The molecule has 3 nitrogen and oxygen atoms in total. The van der Waals surface area contributed by atoms with Crippen molar-refractivity contribution in [3.8, 4) is 0 Å². The Balaban J connectivity index is 1.91. The minimum atomic E-state index is -1.49. The van der Waals surface area contributed by atoms with Gasteiger partial charge in [0.15, 0.2) is 0 Å². The average Bonchev–Trinajstić information content (AvgIpc) is 2.30. The van der Waals surface area contributed by atoms with Crippen LogP contribution in [0, 0.1) is 0 Å². The molecule has 2 fully saturated rings. The van der Waals surface area contributed by atoms with E-state index in [9.17, 15) is 0 Å². The molecule has 0 aromatic rings. The van der Waals surface area contributed by atoms with Crippen LogP contribution in [0.5, 0.6) is 0 Å². The Morgan fingerprint density at radius 3 is 2.79 bits per heavy atom. The van der Waals surface area contributed by atoms with E-state index in [4.69, 9.17) is 4.74 Å². The molecule has 0 aromatic heterocycles. The normalized spacial score (nSPS) is 30.6. The van der Waals surface area contributed by atoms with Crippen molar-refractivity contribution >= 4 is 21.7 Å². The van der Waals surface area contributed by atoms with Crippen molar-refractivity contribution in [3.05, 3.63) is 0 Å². The van der Waals surface area contributed by atoms with Gasteiger partial charge in [0.05, 0.1) is 0 Å². The van der Waals surface area contributed by atoms with E-state index in [0.29, 0.717) is 3.86 Å². The number of piperazine rings is 1. The zero-order chi connectivity index (χ0) is 9.80. The standard InChI is InChI=1S/C6H12O.C4H9N2.In/c1-3-4-5-6-7-2;1-2-6-4-3-5-1;/h6H,1,3-5H2,2H3;5H,1-4H2;/q;-1;+1.